The van der Waals surface area contributed by atoms with Gasteiger partial charge in [0.05, 0.1) is 22.9 Å². The van der Waals surface area contributed by atoms with E-state index in [1.165, 1.54) is 6.26 Å². The second-order valence-corrected chi connectivity index (χ2v) is 12.7. The Bertz CT molecular complexity index is 758. The number of nitrogens with one attached hydrogen (secondary N) is 1. The number of aliphatic hydroxyl groups excluding tert-OH is 2. The van der Waals surface area contributed by atoms with E-state index < -0.39 is 59.9 Å². The molecule has 2 heterocycles. The minimum atomic E-state index is -5.08. The number of rotatable bonds is 11. The quantitative estimate of drug-likeness (QED) is 0.179. The van der Waals surface area contributed by atoms with Crippen LogP contribution in [-0.2, 0) is 29.4 Å². The molecule has 5 N–H and O–H groups in total. The number of ether oxygens (including phenoxy) is 1. The molecule has 0 aliphatic carbocycles. The lowest BCUT2D eigenvalue weighted by Gasteiger charge is -2.44. The molecule has 14 heteroatoms. The molecule has 200 valence electrons. The number of hydrogen-bond donors (Lipinski definition) is 5. The van der Waals surface area contributed by atoms with Crippen LogP contribution in [0, 0.1) is 5.92 Å². The lowest BCUT2D eigenvalue weighted by atomic mass is 9.92. The summed E-state index contributed by atoms with van der Waals surface area (Å²) in [6.07, 6.45) is -1.17. The maximum absolute atomic E-state index is 13.2. The number of carbonyl (C=O) groups excluding carboxylic acids is 1. The van der Waals surface area contributed by atoms with E-state index in [4.69, 9.17) is 16.3 Å². The van der Waals surface area contributed by atoms with Crippen molar-refractivity contribution >= 4 is 36.1 Å². The number of aliphatic hydroxyl groups is 2. The number of likely N-dealkylation sites (tertiary alicyclic amines) is 1. The van der Waals surface area contributed by atoms with E-state index in [0.29, 0.717) is 12.3 Å². The molecule has 0 aromatic rings. The number of amides is 1. The van der Waals surface area contributed by atoms with Crippen LogP contribution in [0.3, 0.4) is 0 Å². The monoisotopic (exact) mass is 548 g/mol. The van der Waals surface area contributed by atoms with Crippen molar-refractivity contribution in [3.63, 3.8) is 0 Å². The Morgan fingerprint density at radius 2 is 2.00 bits per heavy atom. The van der Waals surface area contributed by atoms with Gasteiger partial charge in [-0.2, -0.15) is 0 Å². The second-order valence-electron chi connectivity index (χ2n) is 9.34. The first-order valence-corrected chi connectivity index (χ1v) is 15.1. The molecular weight excluding hydrogens is 511 g/mol. The van der Waals surface area contributed by atoms with Crippen molar-refractivity contribution < 1.29 is 42.8 Å². The molecule has 2 aliphatic rings. The van der Waals surface area contributed by atoms with E-state index in [-0.39, 0.29) is 18.4 Å². The number of hydrogen-bond acceptors (Lipinski definition) is 8. The molecule has 0 unspecified atom stereocenters. The van der Waals surface area contributed by atoms with Crippen molar-refractivity contribution in [2.75, 3.05) is 19.8 Å². The lowest BCUT2D eigenvalue weighted by Crippen LogP contribution is -2.65. The number of carbonyl (C=O) groups is 1. The van der Waals surface area contributed by atoms with Crippen LogP contribution in [0.15, 0.2) is 0 Å². The number of halogens is 1. The summed E-state index contributed by atoms with van der Waals surface area (Å²) in [6, 6.07) is -1.22. The van der Waals surface area contributed by atoms with E-state index in [0.717, 1.165) is 25.8 Å². The van der Waals surface area contributed by atoms with Gasteiger partial charge in [-0.15, -0.1) is 11.6 Å². The molecule has 10 atom stereocenters. The lowest BCUT2D eigenvalue weighted by molar-refractivity contribution is -0.203. The molecule has 0 aromatic heterocycles. The highest BCUT2D eigenvalue weighted by molar-refractivity contribution is 7.84. The summed E-state index contributed by atoms with van der Waals surface area (Å²) in [5.74, 6) is 0.138. The highest BCUT2D eigenvalue weighted by Crippen LogP contribution is 2.42. The molecule has 0 saturated carbocycles. The van der Waals surface area contributed by atoms with Crippen molar-refractivity contribution in [2.45, 2.75) is 93.3 Å². The fourth-order valence-corrected chi connectivity index (χ4v) is 6.46. The third-order valence-electron chi connectivity index (χ3n) is 6.38. The van der Waals surface area contributed by atoms with Gasteiger partial charge in [0.25, 0.3) is 0 Å². The first kappa shape index (κ1) is 30.1. The SMILES string of the molecule is CCCC[C@@H]1C[C@@H](C(=O)N[C@@H](C[C@H](C)Cl)[C@H]2O[C@H]([S@](C)=O)[C@H](OP(=O)(O)O)[C@@H](O)[C@H]2O)N(C)C1. The fourth-order valence-electron chi connectivity index (χ4n) is 4.75. The van der Waals surface area contributed by atoms with Crippen LogP contribution < -0.4 is 5.32 Å². The van der Waals surface area contributed by atoms with Crippen LogP contribution in [0.25, 0.3) is 0 Å². The number of phosphoric ester groups is 1. The van der Waals surface area contributed by atoms with Gasteiger partial charge in [-0.1, -0.05) is 19.8 Å². The van der Waals surface area contributed by atoms with Crippen LogP contribution in [0.1, 0.15) is 46.0 Å². The van der Waals surface area contributed by atoms with Crippen LogP contribution in [-0.4, -0.2) is 102 Å². The van der Waals surface area contributed by atoms with E-state index in [1.807, 2.05) is 11.9 Å². The zero-order chi connectivity index (χ0) is 25.8. The molecule has 2 rings (SSSR count). The molecule has 0 bridgehead atoms. The minimum absolute atomic E-state index is 0.171. The van der Waals surface area contributed by atoms with Crippen molar-refractivity contribution in [3.05, 3.63) is 0 Å². The molecule has 1 amide bonds. The van der Waals surface area contributed by atoms with Gasteiger partial charge in [0.2, 0.25) is 5.91 Å². The average Bonchev–Trinajstić information content (AvgIpc) is 3.08. The molecule has 11 nitrogen and oxygen atoms in total. The van der Waals surface area contributed by atoms with Gasteiger partial charge in [-0.3, -0.25) is 18.4 Å². The van der Waals surface area contributed by atoms with Crippen LogP contribution in [0.2, 0.25) is 0 Å². The van der Waals surface area contributed by atoms with Crippen molar-refractivity contribution in [1.82, 2.24) is 10.2 Å². The van der Waals surface area contributed by atoms with Gasteiger partial charge in [0, 0.05) is 18.2 Å². The van der Waals surface area contributed by atoms with Crippen molar-refractivity contribution in [1.29, 1.82) is 0 Å². The Kier molecular flexibility index (Phi) is 11.4. The second kappa shape index (κ2) is 12.9. The summed E-state index contributed by atoms with van der Waals surface area (Å²) < 4.78 is 34.0. The summed E-state index contributed by atoms with van der Waals surface area (Å²) in [6.45, 7) is 4.62. The molecule has 2 aliphatic heterocycles. The molecule has 2 fully saturated rings. The zero-order valence-corrected chi connectivity index (χ0v) is 22.4. The maximum Gasteiger partial charge on any atom is 0.470 e. The largest absolute Gasteiger partial charge is 0.470 e. The molecule has 0 radical (unpaired) electrons. The van der Waals surface area contributed by atoms with Crippen LogP contribution in [0.5, 0.6) is 0 Å². The molecule has 34 heavy (non-hydrogen) atoms. The van der Waals surface area contributed by atoms with E-state index in [2.05, 4.69) is 16.8 Å². The first-order valence-electron chi connectivity index (χ1n) is 11.5. The normalized spacial score (nSPS) is 35.6. The number of likely N-dealkylation sites (N-methyl/N-ethyl adjacent to an activating group) is 1. The maximum atomic E-state index is 13.2. The van der Waals surface area contributed by atoms with Crippen LogP contribution in [0.4, 0.5) is 0 Å². The number of nitrogens with zero attached hydrogens (tertiary/aromatic N) is 1. The summed E-state index contributed by atoms with van der Waals surface area (Å²) in [5, 5.41) is 23.8. The minimum Gasteiger partial charge on any atom is -0.388 e. The standard InChI is InChI=1S/C20H38ClN2O9PS/c1-5-6-7-12-9-14(23(3)10-12)19(26)22-13(8-11(2)21)17-15(24)16(25)18(32-33(27,28)29)20(31-17)34(4)30/h11-18,20,24-25H,5-10H2,1-4H3,(H,22,26)(H2,27,28,29)/t11-,12+,13-,14-,15+,16-,17+,18+,20+,34-/m0/s1. The number of alkyl halides is 1. The van der Waals surface area contributed by atoms with Gasteiger partial charge < -0.3 is 30.1 Å². The zero-order valence-electron chi connectivity index (χ0n) is 19.9. The Labute approximate surface area is 208 Å². The third kappa shape index (κ3) is 8.19. The highest BCUT2D eigenvalue weighted by atomic mass is 35.5. The van der Waals surface area contributed by atoms with Gasteiger partial charge in [0.15, 0.2) is 5.44 Å². The van der Waals surface area contributed by atoms with Crippen molar-refractivity contribution in [2.24, 2.45) is 5.92 Å². The predicted octanol–water partition coefficient (Wildman–Crippen LogP) is 0.302. The Hall–Kier alpha value is -0.140. The topological polar surface area (TPSA) is 166 Å². The van der Waals surface area contributed by atoms with E-state index in [1.54, 1.807) is 6.92 Å². The van der Waals surface area contributed by atoms with E-state index >= 15 is 0 Å². The highest BCUT2D eigenvalue weighted by Gasteiger charge is 2.52. The summed E-state index contributed by atoms with van der Waals surface area (Å²) >= 11 is 6.19. The third-order valence-corrected chi connectivity index (χ3v) is 8.11. The Balaban J connectivity index is 2.21. The molecule has 2 saturated heterocycles. The van der Waals surface area contributed by atoms with Gasteiger partial charge in [0.1, 0.15) is 24.4 Å². The van der Waals surface area contributed by atoms with Gasteiger partial charge >= 0.3 is 7.82 Å². The fraction of sp³-hybridized carbons (Fsp3) is 0.950. The smallest absolute Gasteiger partial charge is 0.388 e. The Morgan fingerprint density at radius 1 is 1.35 bits per heavy atom. The van der Waals surface area contributed by atoms with E-state index in [9.17, 15) is 33.6 Å². The predicted molar refractivity (Wildman–Crippen MR) is 128 cm³/mol. The average molecular weight is 549 g/mol. The van der Waals surface area contributed by atoms with Gasteiger partial charge in [-0.05, 0) is 39.2 Å². The molecule has 0 aromatic carbocycles. The molecule has 0 spiro atoms. The summed E-state index contributed by atoms with van der Waals surface area (Å²) in [4.78, 5) is 33.5. The number of phosphoric acid groups is 1. The summed E-state index contributed by atoms with van der Waals surface area (Å²) in [5.41, 5.74) is -1.45. The van der Waals surface area contributed by atoms with Gasteiger partial charge in [-0.25, -0.2) is 4.57 Å². The summed E-state index contributed by atoms with van der Waals surface area (Å²) in [7, 11) is -5.05. The molecular formula is C20H38ClN2O9PS. The van der Waals surface area contributed by atoms with Crippen molar-refractivity contribution in [3.8, 4) is 0 Å². The number of unbranched alkanes of at least 4 members (excludes halogenated alkanes) is 1. The first-order chi connectivity index (χ1) is 15.7. The Morgan fingerprint density at radius 3 is 2.53 bits per heavy atom. The van der Waals surface area contributed by atoms with Crippen LogP contribution >= 0.6 is 19.4 Å².